The van der Waals surface area contributed by atoms with Crippen LogP contribution >= 0.6 is 0 Å². The summed E-state index contributed by atoms with van der Waals surface area (Å²) in [5.41, 5.74) is 1.10. The number of carbonyl (C=O) groups excluding carboxylic acids is 2. The normalized spacial score (nSPS) is 14.6. The van der Waals surface area contributed by atoms with Gasteiger partial charge < -0.3 is 9.64 Å². The number of hydrogen-bond acceptors (Lipinski definition) is 3. The zero-order chi connectivity index (χ0) is 11.9. The van der Waals surface area contributed by atoms with E-state index in [0.717, 1.165) is 0 Å². The van der Waals surface area contributed by atoms with E-state index in [4.69, 9.17) is 4.74 Å². The minimum Gasteiger partial charge on any atom is -0.497 e. The van der Waals surface area contributed by atoms with E-state index in [1.165, 1.54) is 12.0 Å². The number of ketones is 1. The molecule has 0 atom stereocenters. The second-order valence-electron chi connectivity index (χ2n) is 3.98. The van der Waals surface area contributed by atoms with E-state index in [0.29, 0.717) is 17.0 Å². The Balaban J connectivity index is 2.56. The summed E-state index contributed by atoms with van der Waals surface area (Å²) in [4.78, 5) is 25.0. The van der Waals surface area contributed by atoms with Gasteiger partial charge in [-0.05, 0) is 32.0 Å². The lowest BCUT2D eigenvalue weighted by atomic mass is 10.1. The van der Waals surface area contributed by atoms with Gasteiger partial charge in [0.1, 0.15) is 5.75 Å². The predicted octanol–water partition coefficient (Wildman–Crippen LogP) is 1.63. The number of ether oxygens (including phenoxy) is 1. The first-order valence-corrected chi connectivity index (χ1v) is 5.12. The second-order valence-corrected chi connectivity index (χ2v) is 3.98. The summed E-state index contributed by atoms with van der Waals surface area (Å²) in [5.74, 6) is -0.327. The van der Waals surface area contributed by atoms with Crippen molar-refractivity contribution < 1.29 is 14.3 Å². The molecule has 0 fully saturated rings. The fourth-order valence-electron chi connectivity index (χ4n) is 1.88. The first-order chi connectivity index (χ1) is 7.56. The molecule has 0 spiro atoms. The Morgan fingerprint density at radius 2 is 1.94 bits per heavy atom. The maximum absolute atomic E-state index is 11.7. The van der Waals surface area contributed by atoms with Gasteiger partial charge in [0.25, 0.3) is 11.7 Å². The van der Waals surface area contributed by atoms with E-state index in [1.54, 1.807) is 18.2 Å². The number of nitrogens with zero attached hydrogens (tertiary/aromatic N) is 1. The summed E-state index contributed by atoms with van der Waals surface area (Å²) in [6, 6.07) is 5.08. The van der Waals surface area contributed by atoms with Crippen molar-refractivity contribution >= 4 is 17.4 Å². The van der Waals surface area contributed by atoms with Gasteiger partial charge in [0, 0.05) is 6.04 Å². The third-order valence-electron chi connectivity index (χ3n) is 2.64. The minimum absolute atomic E-state index is 0.0221. The Bertz CT molecular complexity index is 465. The standard InChI is InChI=1S/C12H13NO3/c1-7(2)13-10-5-4-8(16-3)6-9(10)11(14)12(13)15/h4-7H,1-3H3. The van der Waals surface area contributed by atoms with Crippen molar-refractivity contribution in [3.05, 3.63) is 23.8 Å². The average molecular weight is 219 g/mol. The third kappa shape index (κ3) is 1.38. The van der Waals surface area contributed by atoms with Crippen LogP contribution in [0.25, 0.3) is 0 Å². The van der Waals surface area contributed by atoms with Crippen LogP contribution in [0.2, 0.25) is 0 Å². The summed E-state index contributed by atoms with van der Waals surface area (Å²) < 4.78 is 5.04. The third-order valence-corrected chi connectivity index (χ3v) is 2.64. The Hall–Kier alpha value is -1.84. The molecule has 1 aliphatic heterocycles. The van der Waals surface area contributed by atoms with Crippen LogP contribution < -0.4 is 9.64 Å². The molecular weight excluding hydrogens is 206 g/mol. The van der Waals surface area contributed by atoms with Crippen LogP contribution in [0.3, 0.4) is 0 Å². The Morgan fingerprint density at radius 1 is 1.25 bits per heavy atom. The first-order valence-electron chi connectivity index (χ1n) is 5.12. The molecule has 1 heterocycles. The number of amides is 1. The molecule has 1 aliphatic rings. The number of carbonyl (C=O) groups is 2. The molecule has 1 aromatic carbocycles. The van der Waals surface area contributed by atoms with Crippen molar-refractivity contribution in [1.82, 2.24) is 0 Å². The van der Waals surface area contributed by atoms with Crippen molar-refractivity contribution in [2.45, 2.75) is 19.9 Å². The summed E-state index contributed by atoms with van der Waals surface area (Å²) in [6.07, 6.45) is 0. The van der Waals surface area contributed by atoms with Crippen molar-refractivity contribution in [2.24, 2.45) is 0 Å². The van der Waals surface area contributed by atoms with Crippen LogP contribution in [-0.2, 0) is 4.79 Å². The van der Waals surface area contributed by atoms with Gasteiger partial charge in [0.15, 0.2) is 0 Å². The van der Waals surface area contributed by atoms with Crippen LogP contribution in [0.15, 0.2) is 18.2 Å². The molecule has 4 nitrogen and oxygen atoms in total. The van der Waals surface area contributed by atoms with E-state index < -0.39 is 11.7 Å². The van der Waals surface area contributed by atoms with Gasteiger partial charge in [-0.25, -0.2) is 0 Å². The number of benzene rings is 1. The summed E-state index contributed by atoms with van der Waals surface area (Å²) in [5, 5.41) is 0. The molecule has 84 valence electrons. The maximum atomic E-state index is 11.7. The van der Waals surface area contributed by atoms with Crippen LogP contribution in [0.1, 0.15) is 24.2 Å². The second kappa shape index (κ2) is 3.63. The molecule has 0 N–H and O–H groups in total. The quantitative estimate of drug-likeness (QED) is 0.710. The molecule has 16 heavy (non-hydrogen) atoms. The number of rotatable bonds is 2. The molecule has 0 radical (unpaired) electrons. The fraction of sp³-hybridized carbons (Fsp3) is 0.333. The molecule has 0 saturated heterocycles. The van der Waals surface area contributed by atoms with E-state index >= 15 is 0 Å². The molecule has 0 unspecified atom stereocenters. The van der Waals surface area contributed by atoms with Crippen molar-refractivity contribution in [1.29, 1.82) is 0 Å². The van der Waals surface area contributed by atoms with Gasteiger partial charge >= 0.3 is 0 Å². The van der Waals surface area contributed by atoms with Gasteiger partial charge in [-0.3, -0.25) is 9.59 Å². The number of Topliss-reactive ketones (excluding diaryl/α,β-unsaturated/α-hetero) is 1. The van der Waals surface area contributed by atoms with Gasteiger partial charge in [0.05, 0.1) is 18.4 Å². The molecule has 0 bridgehead atoms. The predicted molar refractivity (Wildman–Crippen MR) is 59.9 cm³/mol. The van der Waals surface area contributed by atoms with Crippen LogP contribution in [0.4, 0.5) is 5.69 Å². The maximum Gasteiger partial charge on any atom is 0.299 e. The highest BCUT2D eigenvalue weighted by molar-refractivity contribution is 6.52. The number of fused-ring (bicyclic) bond motifs is 1. The molecule has 0 aromatic heterocycles. The fourth-order valence-corrected chi connectivity index (χ4v) is 1.88. The number of methoxy groups -OCH3 is 1. The largest absolute Gasteiger partial charge is 0.497 e. The van der Waals surface area contributed by atoms with E-state index in [2.05, 4.69) is 0 Å². The smallest absolute Gasteiger partial charge is 0.299 e. The van der Waals surface area contributed by atoms with Gasteiger partial charge in [0.2, 0.25) is 0 Å². The van der Waals surface area contributed by atoms with Crippen molar-refractivity contribution in [3.8, 4) is 5.75 Å². The van der Waals surface area contributed by atoms with E-state index in [9.17, 15) is 9.59 Å². The van der Waals surface area contributed by atoms with Crippen LogP contribution in [-0.4, -0.2) is 24.8 Å². The first kappa shape index (κ1) is 10.7. The van der Waals surface area contributed by atoms with Crippen molar-refractivity contribution in [3.63, 3.8) is 0 Å². The molecule has 0 aliphatic carbocycles. The molecule has 1 aromatic rings. The molecule has 2 rings (SSSR count). The van der Waals surface area contributed by atoms with E-state index in [-0.39, 0.29) is 6.04 Å². The van der Waals surface area contributed by atoms with Gasteiger partial charge in [-0.15, -0.1) is 0 Å². The van der Waals surface area contributed by atoms with Crippen molar-refractivity contribution in [2.75, 3.05) is 12.0 Å². The zero-order valence-corrected chi connectivity index (χ0v) is 9.48. The Morgan fingerprint density at radius 3 is 2.50 bits per heavy atom. The molecular formula is C12H13NO3. The Kier molecular flexibility index (Phi) is 2.42. The van der Waals surface area contributed by atoms with Crippen LogP contribution in [0.5, 0.6) is 5.75 Å². The van der Waals surface area contributed by atoms with E-state index in [1.807, 2.05) is 13.8 Å². The topological polar surface area (TPSA) is 46.6 Å². The highest BCUT2D eigenvalue weighted by Crippen LogP contribution is 2.33. The average Bonchev–Trinajstić information content (AvgIpc) is 2.51. The number of hydrogen-bond donors (Lipinski definition) is 0. The zero-order valence-electron chi connectivity index (χ0n) is 9.48. The summed E-state index contributed by atoms with van der Waals surface area (Å²) >= 11 is 0. The van der Waals surface area contributed by atoms with Crippen LogP contribution in [0, 0.1) is 0 Å². The SMILES string of the molecule is COc1ccc2c(c1)C(=O)C(=O)N2C(C)C. The monoisotopic (exact) mass is 219 g/mol. The van der Waals surface area contributed by atoms with Gasteiger partial charge in [-0.1, -0.05) is 0 Å². The highest BCUT2D eigenvalue weighted by atomic mass is 16.5. The lowest BCUT2D eigenvalue weighted by Crippen LogP contribution is -2.35. The minimum atomic E-state index is -0.460. The lowest BCUT2D eigenvalue weighted by Gasteiger charge is -2.20. The highest BCUT2D eigenvalue weighted by Gasteiger charge is 2.37. The summed E-state index contributed by atoms with van der Waals surface area (Å²) in [7, 11) is 1.53. The number of anilines is 1. The van der Waals surface area contributed by atoms with Gasteiger partial charge in [-0.2, -0.15) is 0 Å². The summed E-state index contributed by atoms with van der Waals surface area (Å²) in [6.45, 7) is 3.76. The Labute approximate surface area is 93.8 Å². The molecule has 4 heteroatoms. The molecule has 0 saturated carbocycles. The lowest BCUT2D eigenvalue weighted by molar-refractivity contribution is -0.114. The molecule has 1 amide bonds.